The molecule has 0 bridgehead atoms. The second-order valence-electron chi connectivity index (χ2n) is 7.39. The summed E-state index contributed by atoms with van der Waals surface area (Å²) in [5.41, 5.74) is 0.820. The minimum atomic E-state index is -1.05. The minimum Gasteiger partial charge on any atom is -0.452 e. The number of anilines is 1. The van der Waals surface area contributed by atoms with Crippen LogP contribution in [0.5, 0.6) is 0 Å². The van der Waals surface area contributed by atoms with Crippen LogP contribution < -0.4 is 5.32 Å². The Morgan fingerprint density at radius 1 is 1.24 bits per heavy atom. The van der Waals surface area contributed by atoms with Gasteiger partial charge in [-0.3, -0.25) is 24.1 Å². The number of ether oxygens (including phenoxy) is 1. The van der Waals surface area contributed by atoms with Gasteiger partial charge in [-0.05, 0) is 38.0 Å². The van der Waals surface area contributed by atoms with Crippen LogP contribution in [0.1, 0.15) is 44.6 Å². The third-order valence-corrected chi connectivity index (χ3v) is 5.41. The molecule has 1 heterocycles. The lowest BCUT2D eigenvalue weighted by Gasteiger charge is -2.19. The zero-order valence-electron chi connectivity index (χ0n) is 16.2. The molecule has 8 heteroatoms. The molecule has 1 saturated heterocycles. The van der Waals surface area contributed by atoms with Crippen molar-refractivity contribution < 1.29 is 23.9 Å². The van der Waals surface area contributed by atoms with Crippen molar-refractivity contribution >= 4 is 29.4 Å². The molecule has 1 aliphatic carbocycles. The molecule has 0 radical (unpaired) electrons. The first-order valence-corrected chi connectivity index (χ1v) is 9.76. The number of amides is 3. The van der Waals surface area contributed by atoms with E-state index in [1.165, 1.54) is 17.9 Å². The number of hydrogen-bond donors (Lipinski definition) is 1. The van der Waals surface area contributed by atoms with E-state index in [0.717, 1.165) is 25.7 Å². The van der Waals surface area contributed by atoms with Crippen molar-refractivity contribution in [3.05, 3.63) is 29.8 Å². The molecule has 2 aliphatic rings. The molecule has 2 fully saturated rings. The van der Waals surface area contributed by atoms with Gasteiger partial charge in [0.05, 0.1) is 29.9 Å². The maximum Gasteiger partial charge on any atom is 0.308 e. The largest absolute Gasteiger partial charge is 0.452 e. The van der Waals surface area contributed by atoms with E-state index in [-0.39, 0.29) is 36.6 Å². The van der Waals surface area contributed by atoms with Gasteiger partial charge in [0.1, 0.15) is 0 Å². The van der Waals surface area contributed by atoms with E-state index in [4.69, 9.17) is 10.00 Å². The first kappa shape index (κ1) is 20.5. The highest BCUT2D eigenvalue weighted by molar-refractivity contribution is 6.05. The summed E-state index contributed by atoms with van der Waals surface area (Å²) in [6, 6.07) is 8.35. The molecular weight excluding hydrogens is 374 g/mol. The fourth-order valence-electron chi connectivity index (χ4n) is 3.87. The van der Waals surface area contributed by atoms with Crippen LogP contribution in [-0.2, 0) is 23.9 Å². The Bertz CT molecular complexity index is 851. The van der Waals surface area contributed by atoms with E-state index in [9.17, 15) is 19.2 Å². The summed E-state index contributed by atoms with van der Waals surface area (Å²) in [6.07, 6.45) is 2.12. The number of rotatable bonds is 6. The summed E-state index contributed by atoms with van der Waals surface area (Å²) in [4.78, 5) is 50.3. The number of hydrogen-bond acceptors (Lipinski definition) is 6. The van der Waals surface area contributed by atoms with Gasteiger partial charge >= 0.3 is 5.97 Å². The first-order valence-electron chi connectivity index (χ1n) is 9.76. The maximum atomic E-state index is 12.4. The van der Waals surface area contributed by atoms with Crippen molar-refractivity contribution in [2.45, 2.75) is 45.1 Å². The molecule has 3 atom stereocenters. The number of esters is 1. The Balaban J connectivity index is 1.48. The zero-order chi connectivity index (χ0) is 21.0. The van der Waals surface area contributed by atoms with Crippen LogP contribution in [0.2, 0.25) is 0 Å². The highest BCUT2D eigenvalue weighted by atomic mass is 16.5. The highest BCUT2D eigenvalue weighted by Crippen LogP contribution is 2.37. The number of carbonyl (C=O) groups excluding carboxylic acids is 4. The fourth-order valence-corrected chi connectivity index (χ4v) is 3.87. The second kappa shape index (κ2) is 8.86. The molecule has 152 valence electrons. The number of carbonyl (C=O) groups is 4. The molecule has 0 spiro atoms. The summed E-state index contributed by atoms with van der Waals surface area (Å²) < 4.78 is 5.12. The number of nitrogens with zero attached hydrogens (tertiary/aromatic N) is 2. The van der Waals surface area contributed by atoms with Crippen molar-refractivity contribution in [3.8, 4) is 6.07 Å². The molecule has 8 nitrogen and oxygen atoms in total. The third-order valence-electron chi connectivity index (χ3n) is 5.41. The van der Waals surface area contributed by atoms with Crippen molar-refractivity contribution in [2.75, 3.05) is 11.9 Å². The van der Waals surface area contributed by atoms with Gasteiger partial charge in [0.15, 0.2) is 6.10 Å². The standard InChI is InChI=1S/C21H23N3O5/c1-13(19(26)23-15-6-4-5-14(11-15)12-22)29-18(25)9-10-24-20(27)16-7-2-3-8-17(16)21(24)28/h4-6,11,13,16-17H,2-3,7-10H2,1H3,(H,23,26)/t13-,16-,17+/m1/s1. The van der Waals surface area contributed by atoms with E-state index in [1.54, 1.807) is 18.2 Å². The number of imide groups is 1. The SMILES string of the molecule is C[C@@H](OC(=O)CCN1C(=O)[C@H]2CCCC[C@H]2C1=O)C(=O)Nc1cccc(C#N)c1. The predicted molar refractivity (Wildman–Crippen MR) is 102 cm³/mol. The average Bonchev–Trinajstić information content (AvgIpc) is 2.97. The molecule has 1 aliphatic heterocycles. The van der Waals surface area contributed by atoms with Crippen LogP contribution >= 0.6 is 0 Å². The lowest BCUT2D eigenvalue weighted by Crippen LogP contribution is -2.35. The van der Waals surface area contributed by atoms with Gasteiger partial charge in [0, 0.05) is 12.2 Å². The minimum absolute atomic E-state index is 0.0257. The van der Waals surface area contributed by atoms with Crippen molar-refractivity contribution in [1.82, 2.24) is 4.90 Å². The molecule has 1 N–H and O–H groups in total. The van der Waals surface area contributed by atoms with Crippen molar-refractivity contribution in [1.29, 1.82) is 5.26 Å². The van der Waals surface area contributed by atoms with E-state index in [2.05, 4.69) is 5.32 Å². The Morgan fingerprint density at radius 3 is 2.52 bits per heavy atom. The van der Waals surface area contributed by atoms with Gasteiger partial charge in [0.2, 0.25) is 11.8 Å². The Morgan fingerprint density at radius 2 is 1.90 bits per heavy atom. The summed E-state index contributed by atoms with van der Waals surface area (Å²) in [6.45, 7) is 1.41. The summed E-state index contributed by atoms with van der Waals surface area (Å²) in [5.74, 6) is -2.09. The molecule has 3 rings (SSSR count). The Labute approximate surface area is 168 Å². The quantitative estimate of drug-likeness (QED) is 0.580. The monoisotopic (exact) mass is 397 g/mol. The molecule has 29 heavy (non-hydrogen) atoms. The average molecular weight is 397 g/mol. The van der Waals surface area contributed by atoms with Crippen LogP contribution in [-0.4, -0.2) is 41.2 Å². The lowest BCUT2D eigenvalue weighted by atomic mass is 9.81. The number of benzene rings is 1. The number of nitriles is 1. The van der Waals surface area contributed by atoms with Crippen molar-refractivity contribution in [2.24, 2.45) is 11.8 Å². The van der Waals surface area contributed by atoms with Gasteiger partial charge in [-0.15, -0.1) is 0 Å². The predicted octanol–water partition coefficient (Wildman–Crippen LogP) is 1.99. The van der Waals surface area contributed by atoms with E-state index >= 15 is 0 Å². The van der Waals surface area contributed by atoms with E-state index in [1.807, 2.05) is 6.07 Å². The smallest absolute Gasteiger partial charge is 0.308 e. The number of fused-ring (bicyclic) bond motifs is 1. The van der Waals surface area contributed by atoms with Gasteiger partial charge in [-0.1, -0.05) is 18.9 Å². The Hall–Kier alpha value is -3.21. The summed E-state index contributed by atoms with van der Waals surface area (Å²) >= 11 is 0. The topological polar surface area (TPSA) is 117 Å². The lowest BCUT2D eigenvalue weighted by molar-refractivity contribution is -0.154. The van der Waals surface area contributed by atoms with Gasteiger partial charge < -0.3 is 10.1 Å². The molecule has 3 amide bonds. The fraction of sp³-hybridized carbons (Fsp3) is 0.476. The van der Waals surface area contributed by atoms with Crippen LogP contribution in [0.25, 0.3) is 0 Å². The van der Waals surface area contributed by atoms with E-state index < -0.39 is 18.0 Å². The summed E-state index contributed by atoms with van der Waals surface area (Å²) in [7, 11) is 0. The number of likely N-dealkylation sites (tertiary alicyclic amines) is 1. The van der Waals surface area contributed by atoms with Gasteiger partial charge in [-0.25, -0.2) is 0 Å². The zero-order valence-corrected chi connectivity index (χ0v) is 16.2. The van der Waals surface area contributed by atoms with Crippen LogP contribution in [0.4, 0.5) is 5.69 Å². The molecule has 1 saturated carbocycles. The number of nitrogens with one attached hydrogen (secondary N) is 1. The van der Waals surface area contributed by atoms with Gasteiger partial charge in [-0.2, -0.15) is 5.26 Å². The Kier molecular flexibility index (Phi) is 6.27. The molecular formula is C21H23N3O5. The molecule has 1 aromatic carbocycles. The molecule has 0 aromatic heterocycles. The van der Waals surface area contributed by atoms with Crippen molar-refractivity contribution in [3.63, 3.8) is 0 Å². The molecule has 1 aromatic rings. The van der Waals surface area contributed by atoms with E-state index in [0.29, 0.717) is 11.3 Å². The second-order valence-corrected chi connectivity index (χ2v) is 7.39. The van der Waals surface area contributed by atoms with Crippen LogP contribution in [0, 0.1) is 23.2 Å². The van der Waals surface area contributed by atoms with Gasteiger partial charge in [0.25, 0.3) is 5.91 Å². The maximum absolute atomic E-state index is 12.4. The third kappa shape index (κ3) is 4.62. The summed E-state index contributed by atoms with van der Waals surface area (Å²) in [5, 5.41) is 11.5. The normalized spacial score (nSPS) is 21.9. The van der Waals surface area contributed by atoms with Crippen LogP contribution in [0.15, 0.2) is 24.3 Å². The molecule has 0 unspecified atom stereocenters. The first-order chi connectivity index (χ1) is 13.9. The van der Waals surface area contributed by atoms with Crippen LogP contribution in [0.3, 0.4) is 0 Å². The highest BCUT2D eigenvalue weighted by Gasteiger charge is 2.47.